The molecule has 3 heteroatoms. The zero-order valence-electron chi connectivity index (χ0n) is 10.3. The van der Waals surface area contributed by atoms with Gasteiger partial charge in [-0.1, -0.05) is 27.7 Å². The van der Waals surface area contributed by atoms with Crippen LogP contribution in [0.25, 0.3) is 0 Å². The highest BCUT2D eigenvalue weighted by molar-refractivity contribution is 9.11. The quantitative estimate of drug-likeness (QED) is 0.725. The molecule has 88 valence electrons. The predicted octanol–water partition coefficient (Wildman–Crippen LogP) is 4.68. The van der Waals surface area contributed by atoms with Crippen LogP contribution in [0.2, 0.25) is 0 Å². The van der Waals surface area contributed by atoms with Crippen LogP contribution in [0, 0.1) is 23.7 Å². The molecule has 1 saturated carbocycles. The van der Waals surface area contributed by atoms with Gasteiger partial charge in [-0.3, -0.25) is 4.79 Å². The minimum atomic E-state index is 0.133. The lowest BCUT2D eigenvalue weighted by Gasteiger charge is -2.03. The molecular formula is C13H17BrOS. The highest BCUT2D eigenvalue weighted by Gasteiger charge is 2.68. The molecule has 1 aliphatic carbocycles. The van der Waals surface area contributed by atoms with Crippen LogP contribution in [0.4, 0.5) is 0 Å². The maximum Gasteiger partial charge on any atom is 0.177 e. The van der Waals surface area contributed by atoms with E-state index in [2.05, 4.69) is 43.6 Å². The van der Waals surface area contributed by atoms with Crippen molar-refractivity contribution in [1.82, 2.24) is 0 Å². The van der Waals surface area contributed by atoms with E-state index in [1.807, 2.05) is 13.0 Å². The molecule has 1 heterocycles. The van der Waals surface area contributed by atoms with Crippen LogP contribution in [0.15, 0.2) is 9.85 Å². The van der Waals surface area contributed by atoms with Crippen molar-refractivity contribution in [3.8, 4) is 0 Å². The molecule has 0 atom stereocenters. The topological polar surface area (TPSA) is 17.1 Å². The minimum Gasteiger partial charge on any atom is -0.293 e. The monoisotopic (exact) mass is 300 g/mol. The molecule has 0 aliphatic heterocycles. The molecule has 1 nitrogen and oxygen atoms in total. The van der Waals surface area contributed by atoms with E-state index in [1.54, 1.807) is 11.3 Å². The number of hydrogen-bond donors (Lipinski definition) is 0. The molecular weight excluding hydrogens is 284 g/mol. The van der Waals surface area contributed by atoms with E-state index in [4.69, 9.17) is 0 Å². The van der Waals surface area contributed by atoms with Crippen LogP contribution in [-0.4, -0.2) is 5.78 Å². The van der Waals surface area contributed by atoms with Gasteiger partial charge in [-0.2, -0.15) is 0 Å². The Hall–Kier alpha value is -0.150. The Morgan fingerprint density at radius 3 is 2.12 bits per heavy atom. The van der Waals surface area contributed by atoms with Crippen LogP contribution >= 0.6 is 27.3 Å². The van der Waals surface area contributed by atoms with Gasteiger partial charge in [0, 0.05) is 5.92 Å². The number of rotatable bonds is 2. The summed E-state index contributed by atoms with van der Waals surface area (Å²) in [5.74, 6) is 0.485. The Kier molecular flexibility index (Phi) is 2.63. The summed E-state index contributed by atoms with van der Waals surface area (Å²) in [6.07, 6.45) is 0. The molecule has 2 rings (SSSR count). The molecule has 0 radical (unpaired) electrons. The van der Waals surface area contributed by atoms with E-state index >= 15 is 0 Å². The molecule has 1 aromatic heterocycles. The van der Waals surface area contributed by atoms with Gasteiger partial charge in [-0.05, 0) is 45.3 Å². The van der Waals surface area contributed by atoms with Gasteiger partial charge < -0.3 is 0 Å². The third kappa shape index (κ3) is 1.52. The van der Waals surface area contributed by atoms with Gasteiger partial charge in [0.05, 0.1) is 8.66 Å². The first-order valence-electron chi connectivity index (χ1n) is 5.49. The van der Waals surface area contributed by atoms with Gasteiger partial charge in [0.2, 0.25) is 0 Å². The van der Waals surface area contributed by atoms with Crippen LogP contribution < -0.4 is 0 Å². The standard InChI is InChI=1S/C13H17BrOS/c1-7-6-8(16-11(7)14)9(15)10-12(2,3)13(10,4)5/h6,10H,1-5H3. The Balaban J connectivity index is 2.29. The molecule has 0 amide bonds. The largest absolute Gasteiger partial charge is 0.293 e. The summed E-state index contributed by atoms with van der Waals surface area (Å²) < 4.78 is 1.08. The molecule has 0 unspecified atom stereocenters. The van der Waals surface area contributed by atoms with Gasteiger partial charge in [0.15, 0.2) is 5.78 Å². The summed E-state index contributed by atoms with van der Waals surface area (Å²) in [6.45, 7) is 10.8. The van der Waals surface area contributed by atoms with Gasteiger partial charge in [0.25, 0.3) is 0 Å². The molecule has 1 aromatic rings. The second kappa shape index (κ2) is 3.42. The van der Waals surface area contributed by atoms with Crippen LogP contribution in [0.1, 0.15) is 42.9 Å². The fourth-order valence-electron chi connectivity index (χ4n) is 2.58. The normalized spacial score (nSPS) is 22.1. The van der Waals surface area contributed by atoms with Gasteiger partial charge in [-0.15, -0.1) is 11.3 Å². The number of halogens is 1. The fraction of sp³-hybridized carbons (Fsp3) is 0.615. The van der Waals surface area contributed by atoms with Gasteiger partial charge in [0.1, 0.15) is 0 Å². The lowest BCUT2D eigenvalue weighted by atomic mass is 10.0. The number of thiophene rings is 1. The van der Waals surface area contributed by atoms with E-state index in [-0.39, 0.29) is 16.7 Å². The van der Waals surface area contributed by atoms with E-state index in [1.165, 1.54) is 0 Å². The maximum atomic E-state index is 12.4. The average molecular weight is 301 g/mol. The Morgan fingerprint density at radius 1 is 1.31 bits per heavy atom. The minimum absolute atomic E-state index is 0.133. The molecule has 0 saturated heterocycles. The zero-order valence-corrected chi connectivity index (χ0v) is 12.8. The van der Waals surface area contributed by atoms with E-state index in [9.17, 15) is 4.79 Å². The highest BCUT2D eigenvalue weighted by atomic mass is 79.9. The molecule has 1 aliphatic rings. The maximum absolute atomic E-state index is 12.4. The molecule has 0 bridgehead atoms. The number of carbonyl (C=O) groups excluding carboxylic acids is 1. The smallest absolute Gasteiger partial charge is 0.177 e. The third-order valence-corrected chi connectivity index (χ3v) is 6.53. The van der Waals surface area contributed by atoms with E-state index in [0.29, 0.717) is 5.78 Å². The second-order valence-electron chi connectivity index (χ2n) is 5.81. The van der Waals surface area contributed by atoms with Crippen molar-refractivity contribution in [3.63, 3.8) is 0 Å². The van der Waals surface area contributed by atoms with Crippen molar-refractivity contribution in [2.45, 2.75) is 34.6 Å². The van der Waals surface area contributed by atoms with Crippen molar-refractivity contribution in [1.29, 1.82) is 0 Å². The Bertz CT molecular complexity index is 423. The SMILES string of the molecule is Cc1cc(C(=O)C2C(C)(C)C2(C)C)sc1Br. The summed E-state index contributed by atoms with van der Waals surface area (Å²) in [5.41, 5.74) is 1.42. The first-order chi connectivity index (χ1) is 7.19. The molecule has 0 N–H and O–H groups in total. The fourth-order valence-corrected chi connectivity index (χ4v) is 4.08. The van der Waals surface area contributed by atoms with E-state index in [0.717, 1.165) is 14.2 Å². The van der Waals surface area contributed by atoms with Crippen LogP contribution in [0.5, 0.6) is 0 Å². The molecule has 0 spiro atoms. The first-order valence-corrected chi connectivity index (χ1v) is 7.10. The van der Waals surface area contributed by atoms with Gasteiger partial charge >= 0.3 is 0 Å². The van der Waals surface area contributed by atoms with Crippen molar-refractivity contribution < 1.29 is 4.79 Å². The number of hydrogen-bond acceptors (Lipinski definition) is 2. The van der Waals surface area contributed by atoms with Crippen LogP contribution in [0.3, 0.4) is 0 Å². The average Bonchev–Trinajstić information content (AvgIpc) is 2.39. The lowest BCUT2D eigenvalue weighted by molar-refractivity contribution is 0.0949. The van der Waals surface area contributed by atoms with E-state index < -0.39 is 0 Å². The number of carbonyl (C=O) groups is 1. The highest BCUT2D eigenvalue weighted by Crippen LogP contribution is 2.69. The number of Topliss-reactive ketones (excluding diaryl/α,β-unsaturated/α-hetero) is 1. The zero-order chi connectivity index (χ0) is 12.3. The molecule has 16 heavy (non-hydrogen) atoms. The van der Waals surface area contributed by atoms with Crippen molar-refractivity contribution in [3.05, 3.63) is 20.3 Å². The third-order valence-electron chi connectivity index (χ3n) is 4.38. The summed E-state index contributed by atoms with van der Waals surface area (Å²) in [7, 11) is 0. The Morgan fingerprint density at radius 2 is 1.81 bits per heavy atom. The molecule has 1 fully saturated rings. The summed E-state index contributed by atoms with van der Waals surface area (Å²) in [6, 6.07) is 2.00. The lowest BCUT2D eigenvalue weighted by Crippen LogP contribution is -2.05. The Labute approximate surface area is 109 Å². The molecule has 0 aromatic carbocycles. The van der Waals surface area contributed by atoms with Crippen molar-refractivity contribution in [2.24, 2.45) is 16.7 Å². The van der Waals surface area contributed by atoms with Crippen LogP contribution in [-0.2, 0) is 0 Å². The summed E-state index contributed by atoms with van der Waals surface area (Å²) in [5, 5.41) is 0. The summed E-state index contributed by atoms with van der Waals surface area (Å²) in [4.78, 5) is 13.3. The van der Waals surface area contributed by atoms with Crippen molar-refractivity contribution >= 4 is 33.0 Å². The second-order valence-corrected chi connectivity index (χ2v) is 8.18. The first kappa shape index (κ1) is 12.3. The number of ketones is 1. The summed E-state index contributed by atoms with van der Waals surface area (Å²) >= 11 is 5.04. The van der Waals surface area contributed by atoms with Crippen molar-refractivity contribution in [2.75, 3.05) is 0 Å². The number of aryl methyl sites for hydroxylation is 1. The predicted molar refractivity (Wildman–Crippen MR) is 72.1 cm³/mol. The van der Waals surface area contributed by atoms with Gasteiger partial charge in [-0.25, -0.2) is 0 Å².